The molecule has 6 heteroatoms. The molecule has 0 aliphatic rings. The summed E-state index contributed by atoms with van der Waals surface area (Å²) in [6.07, 6.45) is 0.232. The van der Waals surface area contributed by atoms with E-state index in [4.69, 9.17) is 10.2 Å². The van der Waals surface area contributed by atoms with Gasteiger partial charge in [-0.15, -0.1) is 0 Å². The molecular formula is C9H21NO4P+. The Hall–Kier alpha value is -0.220. The second kappa shape index (κ2) is 6.38. The summed E-state index contributed by atoms with van der Waals surface area (Å²) in [6, 6.07) is 0. The summed E-state index contributed by atoms with van der Waals surface area (Å²) in [5, 5.41) is 17.5. The van der Waals surface area contributed by atoms with Gasteiger partial charge in [-0.2, -0.15) is 0 Å². The summed E-state index contributed by atoms with van der Waals surface area (Å²) < 4.78 is 22.4. The van der Waals surface area contributed by atoms with Crippen molar-refractivity contribution in [1.29, 1.82) is 0 Å². The third kappa shape index (κ3) is 5.42. The smallest absolute Gasteiger partial charge is 0.368 e. The summed E-state index contributed by atoms with van der Waals surface area (Å²) in [5.74, 6) is -0.441. The molecule has 5 nitrogen and oxygen atoms in total. The molecule has 0 saturated heterocycles. The molecule has 0 rings (SSSR count). The zero-order valence-corrected chi connectivity index (χ0v) is 10.5. The molecule has 0 aromatic carbocycles. The van der Waals surface area contributed by atoms with Crippen LogP contribution in [0, 0.1) is 0 Å². The van der Waals surface area contributed by atoms with Crippen molar-refractivity contribution in [3.05, 3.63) is 0 Å². The van der Waals surface area contributed by atoms with Gasteiger partial charge in [0.1, 0.15) is 0 Å². The SMILES string of the molecule is CCCC(P(=O)=O)[N+](C)(C)CCC(O)O. The van der Waals surface area contributed by atoms with E-state index in [9.17, 15) is 9.13 Å². The molecule has 0 saturated carbocycles. The highest BCUT2D eigenvalue weighted by Crippen LogP contribution is 2.27. The summed E-state index contributed by atoms with van der Waals surface area (Å²) in [4.78, 5) is 0. The van der Waals surface area contributed by atoms with E-state index in [0.29, 0.717) is 13.0 Å². The van der Waals surface area contributed by atoms with E-state index in [0.717, 1.165) is 6.42 Å². The minimum atomic E-state index is -2.48. The number of aliphatic hydroxyl groups is 2. The van der Waals surface area contributed by atoms with Gasteiger partial charge in [0.25, 0.3) is 0 Å². The predicted octanol–water partition coefficient (Wildman–Crippen LogP) is 1.06. The van der Waals surface area contributed by atoms with E-state index in [1.807, 2.05) is 6.92 Å². The van der Waals surface area contributed by atoms with Gasteiger partial charge in [-0.1, -0.05) is 6.92 Å². The summed E-state index contributed by atoms with van der Waals surface area (Å²) in [7, 11) is 1.12. The molecule has 0 spiro atoms. The maximum absolute atomic E-state index is 11.1. The van der Waals surface area contributed by atoms with Gasteiger partial charge in [0.15, 0.2) is 12.1 Å². The van der Waals surface area contributed by atoms with Crippen molar-refractivity contribution < 1.29 is 23.8 Å². The summed E-state index contributed by atoms with van der Waals surface area (Å²) in [5.41, 5.74) is 0. The minimum Gasteiger partial charge on any atom is -0.368 e. The van der Waals surface area contributed by atoms with E-state index in [2.05, 4.69) is 0 Å². The highest BCUT2D eigenvalue weighted by Gasteiger charge is 2.32. The van der Waals surface area contributed by atoms with Gasteiger partial charge in [-0.25, -0.2) is 9.13 Å². The third-order valence-corrected chi connectivity index (χ3v) is 3.93. The lowest BCUT2D eigenvalue weighted by Gasteiger charge is -2.34. The molecular weight excluding hydrogens is 217 g/mol. The molecule has 0 aromatic rings. The third-order valence-electron chi connectivity index (χ3n) is 2.56. The summed E-state index contributed by atoms with van der Waals surface area (Å²) >= 11 is 0. The Balaban J connectivity index is 4.48. The number of aliphatic hydroxyl groups excluding tert-OH is 1. The second-order valence-corrected chi connectivity index (χ2v) is 5.49. The molecule has 90 valence electrons. The predicted molar refractivity (Wildman–Crippen MR) is 56.8 cm³/mol. The van der Waals surface area contributed by atoms with Crippen LogP contribution >= 0.6 is 7.68 Å². The fraction of sp³-hybridized carbons (Fsp3) is 1.00. The Morgan fingerprint density at radius 1 is 1.20 bits per heavy atom. The first-order chi connectivity index (χ1) is 6.81. The van der Waals surface area contributed by atoms with Crippen LogP contribution in [0.4, 0.5) is 0 Å². The Bertz CT molecular complexity index is 242. The lowest BCUT2D eigenvalue weighted by Crippen LogP contribution is -2.47. The molecule has 1 unspecified atom stereocenters. The van der Waals surface area contributed by atoms with Crippen LogP contribution < -0.4 is 0 Å². The van der Waals surface area contributed by atoms with Gasteiger partial charge in [0.2, 0.25) is 0 Å². The lowest BCUT2D eigenvalue weighted by atomic mass is 10.2. The molecule has 0 aliphatic carbocycles. The number of quaternary nitrogens is 1. The first-order valence-corrected chi connectivity index (χ1v) is 6.38. The standard InChI is InChI=1S/C9H21NO4P/c1-4-5-8(15(13)14)10(2,3)7-6-9(11)12/h8-9,11-12H,4-7H2,1-3H3/q+1. The number of hydrogen-bond acceptors (Lipinski definition) is 4. The van der Waals surface area contributed by atoms with Crippen molar-refractivity contribution in [1.82, 2.24) is 0 Å². The quantitative estimate of drug-likeness (QED) is 0.395. The van der Waals surface area contributed by atoms with E-state index < -0.39 is 19.8 Å². The molecule has 1 atom stereocenters. The van der Waals surface area contributed by atoms with Crippen LogP contribution in [0.25, 0.3) is 0 Å². The van der Waals surface area contributed by atoms with Crippen LogP contribution in [0.5, 0.6) is 0 Å². The van der Waals surface area contributed by atoms with Crippen LogP contribution in [0.1, 0.15) is 26.2 Å². The maximum atomic E-state index is 11.1. The molecule has 0 bridgehead atoms. The number of nitrogens with zero attached hydrogens (tertiary/aromatic N) is 1. The molecule has 0 radical (unpaired) electrons. The van der Waals surface area contributed by atoms with Crippen molar-refractivity contribution in [2.75, 3.05) is 20.6 Å². The number of rotatable bonds is 7. The fourth-order valence-corrected chi connectivity index (χ4v) is 2.66. The van der Waals surface area contributed by atoms with Gasteiger partial charge in [0, 0.05) is 12.8 Å². The fourth-order valence-electron chi connectivity index (χ4n) is 1.57. The molecule has 2 N–H and O–H groups in total. The van der Waals surface area contributed by atoms with E-state index in [1.54, 1.807) is 14.1 Å². The Morgan fingerprint density at radius 3 is 2.07 bits per heavy atom. The normalized spacial score (nSPS) is 14.3. The van der Waals surface area contributed by atoms with Crippen LogP contribution in [-0.4, -0.2) is 47.4 Å². The average molecular weight is 238 g/mol. The Morgan fingerprint density at radius 2 is 1.73 bits per heavy atom. The van der Waals surface area contributed by atoms with Gasteiger partial charge in [0.05, 0.1) is 20.6 Å². The molecule has 0 fully saturated rings. The average Bonchev–Trinajstić information content (AvgIpc) is 2.10. The molecule has 15 heavy (non-hydrogen) atoms. The van der Waals surface area contributed by atoms with Crippen molar-refractivity contribution >= 4 is 7.68 Å². The van der Waals surface area contributed by atoms with Gasteiger partial charge >= 0.3 is 7.68 Å². The molecule has 0 aromatic heterocycles. The van der Waals surface area contributed by atoms with Gasteiger partial charge in [-0.05, 0) is 6.42 Å². The zero-order valence-electron chi connectivity index (χ0n) is 9.59. The topological polar surface area (TPSA) is 74.6 Å². The molecule has 0 aliphatic heterocycles. The van der Waals surface area contributed by atoms with Crippen molar-refractivity contribution in [3.63, 3.8) is 0 Å². The first-order valence-electron chi connectivity index (χ1n) is 5.13. The van der Waals surface area contributed by atoms with E-state index in [-0.39, 0.29) is 10.9 Å². The zero-order chi connectivity index (χ0) is 12.1. The monoisotopic (exact) mass is 238 g/mol. The van der Waals surface area contributed by atoms with Crippen LogP contribution in [0.3, 0.4) is 0 Å². The maximum Gasteiger partial charge on any atom is 0.375 e. The highest BCUT2D eigenvalue weighted by molar-refractivity contribution is 7.31. The van der Waals surface area contributed by atoms with Crippen molar-refractivity contribution in [2.24, 2.45) is 0 Å². The minimum absolute atomic E-state index is 0.191. The Labute approximate surface area is 91.1 Å². The van der Waals surface area contributed by atoms with Crippen LogP contribution in [-0.2, 0) is 9.13 Å². The van der Waals surface area contributed by atoms with Gasteiger partial charge in [-0.3, -0.25) is 0 Å². The van der Waals surface area contributed by atoms with E-state index in [1.165, 1.54) is 0 Å². The highest BCUT2D eigenvalue weighted by atomic mass is 31.1. The largest absolute Gasteiger partial charge is 0.375 e. The Kier molecular flexibility index (Phi) is 6.29. The molecule has 0 amide bonds. The lowest BCUT2D eigenvalue weighted by molar-refractivity contribution is -0.902. The van der Waals surface area contributed by atoms with Crippen molar-refractivity contribution in [3.8, 4) is 0 Å². The second-order valence-electron chi connectivity index (χ2n) is 4.33. The van der Waals surface area contributed by atoms with Crippen LogP contribution in [0.2, 0.25) is 0 Å². The van der Waals surface area contributed by atoms with Crippen LogP contribution in [0.15, 0.2) is 0 Å². The number of hydrogen-bond donors (Lipinski definition) is 2. The van der Waals surface area contributed by atoms with Crippen molar-refractivity contribution in [2.45, 2.75) is 38.3 Å². The van der Waals surface area contributed by atoms with E-state index >= 15 is 0 Å². The van der Waals surface area contributed by atoms with Gasteiger partial charge < -0.3 is 14.7 Å². The molecule has 0 heterocycles. The summed E-state index contributed by atoms with van der Waals surface area (Å²) in [6.45, 7) is 2.37. The first kappa shape index (κ1) is 14.8.